The Morgan fingerprint density at radius 3 is 2.08 bits per heavy atom. The molecule has 7 nitrogen and oxygen atoms in total. The number of rotatable bonds is 12. The van der Waals surface area contributed by atoms with Crippen molar-refractivity contribution in [1.29, 1.82) is 0 Å². The van der Waals surface area contributed by atoms with Crippen LogP contribution in [0.1, 0.15) is 67.2 Å². The van der Waals surface area contributed by atoms with Gasteiger partial charge in [0.25, 0.3) is 0 Å². The Balaban J connectivity index is 1.10. The molecule has 256 valence electrons. The van der Waals surface area contributed by atoms with Gasteiger partial charge in [0.05, 0.1) is 12.0 Å². The third-order valence-electron chi connectivity index (χ3n) is 10.5. The number of hydrogen-bond acceptors (Lipinski definition) is 5. The first-order valence-electron chi connectivity index (χ1n) is 17.6. The number of amides is 2. The van der Waals surface area contributed by atoms with E-state index in [2.05, 4.69) is 63.7 Å². The van der Waals surface area contributed by atoms with Crippen molar-refractivity contribution in [3.63, 3.8) is 0 Å². The summed E-state index contributed by atoms with van der Waals surface area (Å²) in [6.07, 6.45) is 8.70. The van der Waals surface area contributed by atoms with Crippen LogP contribution < -0.4 is 5.32 Å². The number of nitrogens with one attached hydrogen (secondary N) is 1. The van der Waals surface area contributed by atoms with E-state index < -0.39 is 11.0 Å². The van der Waals surface area contributed by atoms with Crippen LogP contribution >= 0.6 is 11.6 Å². The predicted molar refractivity (Wildman–Crippen MR) is 194 cm³/mol. The molecule has 0 aliphatic carbocycles. The number of nitrogens with zero attached hydrogens (tertiary/aromatic N) is 3. The number of carbonyl (C=O) groups excluding carboxylic acids is 2. The second-order valence-corrected chi connectivity index (χ2v) is 14.2. The molecule has 0 saturated carbocycles. The number of aromatic nitrogens is 1. The lowest BCUT2D eigenvalue weighted by atomic mass is 9.68. The number of hydrogen-bond donors (Lipinski definition) is 2. The molecule has 0 bridgehead atoms. The Kier molecular flexibility index (Phi) is 11.4. The maximum atomic E-state index is 14.0. The zero-order valence-electron chi connectivity index (χ0n) is 28.1. The second-order valence-electron chi connectivity index (χ2n) is 13.7. The van der Waals surface area contributed by atoms with E-state index in [1.807, 2.05) is 53.4 Å². The fraction of sp³-hybridized carbons (Fsp3) is 0.390. The zero-order valence-corrected chi connectivity index (χ0v) is 28.9. The first-order valence-corrected chi connectivity index (χ1v) is 18.0. The summed E-state index contributed by atoms with van der Waals surface area (Å²) >= 11 is 6.09. The summed E-state index contributed by atoms with van der Waals surface area (Å²) in [5.41, 5.74) is 2.80. The number of piperidine rings is 2. The summed E-state index contributed by atoms with van der Waals surface area (Å²) in [4.78, 5) is 35.4. The van der Waals surface area contributed by atoms with Crippen LogP contribution in [0.2, 0.25) is 5.02 Å². The van der Waals surface area contributed by atoms with Crippen LogP contribution in [0.25, 0.3) is 0 Å². The van der Waals surface area contributed by atoms with Gasteiger partial charge in [-0.15, -0.1) is 0 Å². The Morgan fingerprint density at radius 2 is 1.49 bits per heavy atom. The molecule has 1 aromatic heterocycles. The maximum Gasteiger partial charge on any atom is 0.227 e. The van der Waals surface area contributed by atoms with E-state index in [-0.39, 0.29) is 17.9 Å². The molecule has 6 rings (SSSR count). The van der Waals surface area contributed by atoms with E-state index in [9.17, 15) is 14.7 Å². The van der Waals surface area contributed by atoms with E-state index in [1.54, 1.807) is 12.4 Å². The normalized spacial score (nSPS) is 17.1. The SMILES string of the molecule is O=C(CC(CCCN1CCC(O)(c2ccc(Cl)cc2)CC1)(c1ccccc1)c1ccccc1)NC1CCN(C(=O)Cc2cccnc2)CC1. The van der Waals surface area contributed by atoms with E-state index >= 15 is 0 Å². The van der Waals surface area contributed by atoms with Gasteiger partial charge in [-0.3, -0.25) is 14.6 Å². The minimum atomic E-state index is -0.834. The van der Waals surface area contributed by atoms with Gasteiger partial charge in [-0.25, -0.2) is 0 Å². The third-order valence-corrected chi connectivity index (χ3v) is 10.8. The van der Waals surface area contributed by atoms with E-state index in [4.69, 9.17) is 11.6 Å². The Bertz CT molecular complexity index is 1600. The minimum Gasteiger partial charge on any atom is -0.385 e. The van der Waals surface area contributed by atoms with Gasteiger partial charge >= 0.3 is 0 Å². The molecule has 8 heteroatoms. The summed E-state index contributed by atoms with van der Waals surface area (Å²) < 4.78 is 0. The zero-order chi connectivity index (χ0) is 34.1. The van der Waals surface area contributed by atoms with Crippen molar-refractivity contribution in [1.82, 2.24) is 20.1 Å². The van der Waals surface area contributed by atoms with Gasteiger partial charge in [-0.2, -0.15) is 0 Å². The molecule has 2 N–H and O–H groups in total. The van der Waals surface area contributed by atoms with Gasteiger partial charge in [0.1, 0.15) is 0 Å². The monoisotopic (exact) mass is 678 g/mol. The van der Waals surface area contributed by atoms with Crippen molar-refractivity contribution >= 4 is 23.4 Å². The molecule has 0 spiro atoms. The van der Waals surface area contributed by atoms with Crippen molar-refractivity contribution < 1.29 is 14.7 Å². The highest BCUT2D eigenvalue weighted by molar-refractivity contribution is 6.30. The molecule has 0 atom stereocenters. The molecule has 0 radical (unpaired) electrons. The Morgan fingerprint density at radius 1 is 0.857 bits per heavy atom. The number of benzene rings is 3. The molecule has 0 unspecified atom stereocenters. The number of halogens is 1. The first kappa shape index (κ1) is 34.8. The Hall–Kier alpha value is -4.04. The standard InChI is InChI=1S/C41H47ClN4O3/c42-36-16-14-35(15-17-36)41(49)21-27-45(28-22-41)24-8-20-40(33-10-3-1-4-11-33,34-12-5-2-6-13-34)30-38(47)44-37-18-25-46(26-19-37)39(48)29-32-9-7-23-43-31-32/h1-7,9-17,23,31,37,49H,8,18-22,24-30H2,(H,44,47). The van der Waals surface area contributed by atoms with Gasteiger partial charge in [-0.1, -0.05) is 90.5 Å². The fourth-order valence-corrected chi connectivity index (χ4v) is 7.80. The molecular weight excluding hydrogens is 632 g/mol. The molecule has 4 aromatic rings. The van der Waals surface area contributed by atoms with Crippen LogP contribution in [-0.4, -0.2) is 70.5 Å². The molecule has 49 heavy (non-hydrogen) atoms. The van der Waals surface area contributed by atoms with Crippen molar-refractivity contribution in [2.24, 2.45) is 0 Å². The minimum absolute atomic E-state index is 0.0342. The summed E-state index contributed by atoms with van der Waals surface area (Å²) in [6, 6.07) is 32.3. The summed E-state index contributed by atoms with van der Waals surface area (Å²) in [5, 5.41) is 15.4. The predicted octanol–water partition coefficient (Wildman–Crippen LogP) is 6.52. The molecule has 2 fully saturated rings. The molecule has 2 amide bonds. The van der Waals surface area contributed by atoms with Crippen LogP contribution in [0.15, 0.2) is 109 Å². The maximum absolute atomic E-state index is 14.0. The van der Waals surface area contributed by atoms with Crippen LogP contribution in [0.3, 0.4) is 0 Å². The lowest BCUT2D eigenvalue weighted by molar-refractivity contribution is -0.131. The largest absolute Gasteiger partial charge is 0.385 e. The van der Waals surface area contributed by atoms with Crippen molar-refractivity contribution in [3.05, 3.63) is 137 Å². The Labute approximate surface area is 295 Å². The van der Waals surface area contributed by atoms with Crippen LogP contribution in [0, 0.1) is 0 Å². The van der Waals surface area contributed by atoms with Crippen LogP contribution in [-0.2, 0) is 27.0 Å². The number of carbonyl (C=O) groups is 2. The smallest absolute Gasteiger partial charge is 0.227 e. The van der Waals surface area contributed by atoms with E-state index in [1.165, 1.54) is 0 Å². The van der Waals surface area contributed by atoms with E-state index in [0.29, 0.717) is 43.8 Å². The summed E-state index contributed by atoms with van der Waals surface area (Å²) in [5.74, 6) is 0.146. The number of pyridine rings is 1. The molecule has 2 aliphatic heterocycles. The fourth-order valence-electron chi connectivity index (χ4n) is 7.68. The number of likely N-dealkylation sites (tertiary alicyclic amines) is 2. The summed E-state index contributed by atoms with van der Waals surface area (Å²) in [7, 11) is 0. The molecule has 2 aliphatic rings. The number of aliphatic hydroxyl groups is 1. The van der Waals surface area contributed by atoms with Crippen molar-refractivity contribution in [2.45, 2.75) is 68.4 Å². The molecule has 3 aromatic carbocycles. The van der Waals surface area contributed by atoms with Gasteiger partial charge in [0.15, 0.2) is 0 Å². The second kappa shape index (κ2) is 16.1. The highest BCUT2D eigenvalue weighted by Gasteiger charge is 2.38. The van der Waals surface area contributed by atoms with Gasteiger partial charge in [0, 0.05) is 61.5 Å². The van der Waals surface area contributed by atoms with Crippen molar-refractivity contribution in [2.75, 3.05) is 32.7 Å². The topological polar surface area (TPSA) is 85.8 Å². The van der Waals surface area contributed by atoms with Gasteiger partial charge in [-0.05, 0) is 85.5 Å². The molecule has 2 saturated heterocycles. The van der Waals surface area contributed by atoms with Crippen LogP contribution in [0.4, 0.5) is 0 Å². The third kappa shape index (κ3) is 8.77. The first-order chi connectivity index (χ1) is 23.8. The van der Waals surface area contributed by atoms with Crippen molar-refractivity contribution in [3.8, 4) is 0 Å². The van der Waals surface area contributed by atoms with Gasteiger partial charge in [0.2, 0.25) is 11.8 Å². The highest BCUT2D eigenvalue weighted by Crippen LogP contribution is 2.41. The van der Waals surface area contributed by atoms with E-state index in [0.717, 1.165) is 67.6 Å². The lowest BCUT2D eigenvalue weighted by Gasteiger charge is -2.40. The lowest BCUT2D eigenvalue weighted by Crippen LogP contribution is -2.48. The molecular formula is C41H47ClN4O3. The quantitative estimate of drug-likeness (QED) is 0.178. The molecule has 3 heterocycles. The summed E-state index contributed by atoms with van der Waals surface area (Å²) in [6.45, 7) is 3.79. The van der Waals surface area contributed by atoms with Gasteiger partial charge < -0.3 is 20.2 Å². The van der Waals surface area contributed by atoms with Crippen LogP contribution in [0.5, 0.6) is 0 Å². The average Bonchev–Trinajstić information content (AvgIpc) is 3.14. The highest BCUT2D eigenvalue weighted by atomic mass is 35.5. The average molecular weight is 679 g/mol.